The van der Waals surface area contributed by atoms with Gasteiger partial charge < -0.3 is 15.5 Å². The van der Waals surface area contributed by atoms with E-state index in [1.54, 1.807) is 17.0 Å². The summed E-state index contributed by atoms with van der Waals surface area (Å²) >= 11 is 0. The summed E-state index contributed by atoms with van der Waals surface area (Å²) in [5.41, 5.74) is 0.308. The molecule has 0 saturated carbocycles. The summed E-state index contributed by atoms with van der Waals surface area (Å²) in [6, 6.07) is 6.19. The maximum atomic E-state index is 12.9. The van der Waals surface area contributed by atoms with Crippen LogP contribution < -0.4 is 10.6 Å². The molecule has 1 aromatic rings. The molecular weight excluding hydrogens is 368 g/mol. The maximum Gasteiger partial charge on any atom is 0.251 e. The van der Waals surface area contributed by atoms with Crippen LogP contribution in [-0.2, 0) is 14.8 Å². The first kappa shape index (κ1) is 21.3. The second-order valence-electron chi connectivity index (χ2n) is 6.61. The number of likely N-dealkylation sites (N-methyl/N-ethyl adjacent to an activating group) is 1. The first-order valence-electron chi connectivity index (χ1n) is 9.13. The fourth-order valence-corrected chi connectivity index (χ4v) is 4.43. The van der Waals surface area contributed by atoms with Crippen LogP contribution in [0, 0.1) is 0 Å². The summed E-state index contributed by atoms with van der Waals surface area (Å²) in [7, 11) is -3.70. The van der Waals surface area contributed by atoms with Crippen molar-refractivity contribution in [1.82, 2.24) is 19.8 Å². The van der Waals surface area contributed by atoms with Gasteiger partial charge in [0.2, 0.25) is 15.9 Å². The minimum Gasteiger partial charge on any atom is -0.350 e. The average molecular weight is 397 g/mol. The van der Waals surface area contributed by atoms with Crippen molar-refractivity contribution in [3.63, 3.8) is 0 Å². The molecule has 8 nitrogen and oxygen atoms in total. The van der Waals surface area contributed by atoms with E-state index in [1.165, 1.54) is 23.4 Å². The fourth-order valence-electron chi connectivity index (χ4n) is 2.96. The van der Waals surface area contributed by atoms with E-state index in [4.69, 9.17) is 0 Å². The molecule has 1 heterocycles. The Hall–Kier alpha value is -1.97. The number of amides is 2. The zero-order valence-corrected chi connectivity index (χ0v) is 16.9. The van der Waals surface area contributed by atoms with Crippen molar-refractivity contribution in [3.8, 4) is 0 Å². The van der Waals surface area contributed by atoms with Gasteiger partial charge >= 0.3 is 0 Å². The molecule has 0 aromatic heterocycles. The topological polar surface area (TPSA) is 98.8 Å². The normalized spacial score (nSPS) is 16.8. The first-order chi connectivity index (χ1) is 12.8. The molecule has 2 N–H and O–H groups in total. The summed E-state index contributed by atoms with van der Waals surface area (Å²) in [5, 5.41) is 6.00. The molecule has 0 radical (unpaired) electrons. The van der Waals surface area contributed by atoms with Gasteiger partial charge in [-0.05, 0) is 31.7 Å². The number of piperazine rings is 1. The minimum absolute atomic E-state index is 0.0579. The maximum absolute atomic E-state index is 12.9. The van der Waals surface area contributed by atoms with Gasteiger partial charge in [0.1, 0.15) is 0 Å². The van der Waals surface area contributed by atoms with Crippen LogP contribution in [0.1, 0.15) is 31.1 Å². The molecule has 0 spiro atoms. The van der Waals surface area contributed by atoms with Crippen LogP contribution in [-0.4, -0.2) is 74.7 Å². The van der Waals surface area contributed by atoms with E-state index in [-0.39, 0.29) is 35.8 Å². The SMILES string of the molecule is CCN[C@H](C)CNC(=O)c1cccc(S(=O)(=O)N2CCN(C(C)=O)CC2)c1. The third kappa shape index (κ3) is 5.50. The monoisotopic (exact) mass is 396 g/mol. The molecule has 150 valence electrons. The predicted octanol–water partition coefficient (Wildman–Crippen LogP) is 0.267. The van der Waals surface area contributed by atoms with Gasteiger partial charge in [0.15, 0.2) is 0 Å². The number of benzene rings is 1. The highest BCUT2D eigenvalue weighted by molar-refractivity contribution is 7.89. The molecule has 1 fully saturated rings. The van der Waals surface area contributed by atoms with Gasteiger partial charge in [0.25, 0.3) is 5.91 Å². The quantitative estimate of drug-likeness (QED) is 0.689. The summed E-state index contributed by atoms with van der Waals surface area (Å²) in [6.45, 7) is 7.93. The molecule has 0 unspecified atom stereocenters. The summed E-state index contributed by atoms with van der Waals surface area (Å²) < 4.78 is 27.1. The number of sulfonamides is 1. The van der Waals surface area contributed by atoms with Crippen LogP contribution in [0.2, 0.25) is 0 Å². The second kappa shape index (κ2) is 9.29. The van der Waals surface area contributed by atoms with Crippen molar-refractivity contribution in [2.24, 2.45) is 0 Å². The van der Waals surface area contributed by atoms with Gasteiger partial charge in [-0.25, -0.2) is 8.42 Å². The van der Waals surface area contributed by atoms with Crippen LogP contribution in [0.3, 0.4) is 0 Å². The van der Waals surface area contributed by atoms with Gasteiger partial charge in [-0.1, -0.05) is 13.0 Å². The third-order valence-electron chi connectivity index (χ3n) is 4.54. The van der Waals surface area contributed by atoms with E-state index in [0.29, 0.717) is 25.2 Å². The zero-order valence-electron chi connectivity index (χ0n) is 16.1. The molecule has 1 aliphatic heterocycles. The second-order valence-corrected chi connectivity index (χ2v) is 8.54. The highest BCUT2D eigenvalue weighted by Gasteiger charge is 2.29. The average Bonchev–Trinajstić information content (AvgIpc) is 2.66. The van der Waals surface area contributed by atoms with E-state index in [0.717, 1.165) is 6.54 Å². The molecule has 0 aliphatic carbocycles. The van der Waals surface area contributed by atoms with E-state index in [9.17, 15) is 18.0 Å². The van der Waals surface area contributed by atoms with Gasteiger partial charge in [0.05, 0.1) is 4.90 Å². The van der Waals surface area contributed by atoms with Crippen molar-refractivity contribution in [2.75, 3.05) is 39.3 Å². The lowest BCUT2D eigenvalue weighted by Gasteiger charge is -2.33. The van der Waals surface area contributed by atoms with Gasteiger partial charge in [-0.15, -0.1) is 0 Å². The number of carbonyl (C=O) groups excluding carboxylic acids is 2. The largest absolute Gasteiger partial charge is 0.350 e. The fraction of sp³-hybridized carbons (Fsp3) is 0.556. The van der Waals surface area contributed by atoms with Crippen molar-refractivity contribution in [2.45, 2.75) is 31.7 Å². The number of nitrogens with zero attached hydrogens (tertiary/aromatic N) is 2. The van der Waals surface area contributed by atoms with Crippen molar-refractivity contribution < 1.29 is 18.0 Å². The molecule has 1 aromatic carbocycles. The Balaban J connectivity index is 2.07. The molecular formula is C18H28N4O4S. The lowest BCUT2D eigenvalue weighted by Crippen LogP contribution is -2.49. The predicted molar refractivity (Wildman–Crippen MR) is 103 cm³/mol. The van der Waals surface area contributed by atoms with E-state index < -0.39 is 10.0 Å². The molecule has 1 saturated heterocycles. The van der Waals surface area contributed by atoms with Crippen molar-refractivity contribution in [1.29, 1.82) is 0 Å². The standard InChI is InChI=1S/C18H28N4O4S/c1-4-19-14(2)13-20-18(24)16-6-5-7-17(12-16)27(25,26)22-10-8-21(9-11-22)15(3)23/h5-7,12,14,19H,4,8-11,13H2,1-3H3,(H,20,24)/t14-/m1/s1. The Kier molecular flexibility index (Phi) is 7.34. The van der Waals surface area contributed by atoms with E-state index in [2.05, 4.69) is 10.6 Å². The van der Waals surface area contributed by atoms with Crippen LogP contribution in [0.25, 0.3) is 0 Å². The Morgan fingerprint density at radius 1 is 1.19 bits per heavy atom. The molecule has 2 rings (SSSR count). The van der Waals surface area contributed by atoms with E-state index >= 15 is 0 Å². The summed E-state index contributed by atoms with van der Waals surface area (Å²) in [4.78, 5) is 25.5. The number of rotatable bonds is 7. The van der Waals surface area contributed by atoms with Crippen LogP contribution >= 0.6 is 0 Å². The van der Waals surface area contributed by atoms with Gasteiger partial charge in [-0.2, -0.15) is 4.31 Å². The van der Waals surface area contributed by atoms with Crippen LogP contribution in [0.5, 0.6) is 0 Å². The molecule has 2 amide bonds. The Labute approximate surface area is 161 Å². The zero-order chi connectivity index (χ0) is 20.0. The number of carbonyl (C=O) groups is 2. The molecule has 0 bridgehead atoms. The highest BCUT2D eigenvalue weighted by Crippen LogP contribution is 2.19. The minimum atomic E-state index is -3.70. The smallest absolute Gasteiger partial charge is 0.251 e. The Morgan fingerprint density at radius 2 is 1.85 bits per heavy atom. The van der Waals surface area contributed by atoms with Gasteiger partial charge in [-0.3, -0.25) is 9.59 Å². The summed E-state index contributed by atoms with van der Waals surface area (Å²) in [6.07, 6.45) is 0. The third-order valence-corrected chi connectivity index (χ3v) is 6.43. The lowest BCUT2D eigenvalue weighted by atomic mass is 10.2. The molecule has 1 aliphatic rings. The Bertz CT molecular complexity index is 773. The number of hydrogen-bond donors (Lipinski definition) is 2. The summed E-state index contributed by atoms with van der Waals surface area (Å²) in [5.74, 6) is -0.365. The Morgan fingerprint density at radius 3 is 2.44 bits per heavy atom. The molecule has 27 heavy (non-hydrogen) atoms. The highest BCUT2D eigenvalue weighted by atomic mass is 32.2. The van der Waals surface area contributed by atoms with Crippen molar-refractivity contribution in [3.05, 3.63) is 29.8 Å². The van der Waals surface area contributed by atoms with E-state index in [1.807, 2.05) is 13.8 Å². The van der Waals surface area contributed by atoms with Crippen molar-refractivity contribution >= 4 is 21.8 Å². The van der Waals surface area contributed by atoms with Crippen LogP contribution in [0.4, 0.5) is 0 Å². The first-order valence-corrected chi connectivity index (χ1v) is 10.6. The van der Waals surface area contributed by atoms with Gasteiger partial charge in [0, 0.05) is 51.3 Å². The molecule has 1 atom stereocenters. The number of hydrogen-bond acceptors (Lipinski definition) is 5. The number of nitrogens with one attached hydrogen (secondary N) is 2. The molecule has 9 heteroatoms. The lowest BCUT2D eigenvalue weighted by molar-refractivity contribution is -0.129. The van der Waals surface area contributed by atoms with Crippen LogP contribution in [0.15, 0.2) is 29.2 Å².